The number of ether oxygens (including phenoxy) is 1. The molecule has 0 saturated carbocycles. The zero-order valence-electron chi connectivity index (χ0n) is 16.4. The smallest absolute Gasteiger partial charge is 0.311 e. The third kappa shape index (κ3) is 5.85. The van der Waals surface area contributed by atoms with E-state index in [0.717, 1.165) is 11.1 Å². The van der Waals surface area contributed by atoms with Crippen LogP contribution in [0, 0.1) is 5.92 Å². The fourth-order valence-electron chi connectivity index (χ4n) is 3.01. The Morgan fingerprint density at radius 2 is 1.52 bits per heavy atom. The van der Waals surface area contributed by atoms with Gasteiger partial charge in [-0.25, -0.2) is 8.42 Å². The molecule has 0 radical (unpaired) electrons. The summed E-state index contributed by atoms with van der Waals surface area (Å²) in [5, 5.41) is 19.4. The third-order valence-electron chi connectivity index (χ3n) is 4.74. The SMILES string of the molecule is O=C(O)C(COc1ccccc1CO)CS(=O)(=O)c1ccc(-c2ccc(Cl)cc2)cc1. The molecule has 0 amide bonds. The topological polar surface area (TPSA) is 101 Å². The van der Waals surface area contributed by atoms with E-state index in [1.165, 1.54) is 12.1 Å². The van der Waals surface area contributed by atoms with Crippen molar-refractivity contribution in [1.82, 2.24) is 0 Å². The van der Waals surface area contributed by atoms with E-state index < -0.39 is 27.5 Å². The van der Waals surface area contributed by atoms with Crippen LogP contribution >= 0.6 is 11.6 Å². The number of carboxylic acids is 1. The number of aliphatic hydroxyl groups is 1. The fourth-order valence-corrected chi connectivity index (χ4v) is 4.65. The fraction of sp³-hybridized carbons (Fsp3) is 0.174. The molecule has 0 aromatic heterocycles. The predicted molar refractivity (Wildman–Crippen MR) is 118 cm³/mol. The number of sulfone groups is 1. The summed E-state index contributed by atoms with van der Waals surface area (Å²) < 4.78 is 31.1. The minimum absolute atomic E-state index is 0.0345. The second-order valence-corrected chi connectivity index (χ2v) is 9.40. The molecule has 8 heteroatoms. The van der Waals surface area contributed by atoms with E-state index in [4.69, 9.17) is 16.3 Å². The summed E-state index contributed by atoms with van der Waals surface area (Å²) >= 11 is 5.89. The van der Waals surface area contributed by atoms with Gasteiger partial charge in [0.2, 0.25) is 0 Å². The monoisotopic (exact) mass is 460 g/mol. The molecule has 31 heavy (non-hydrogen) atoms. The quantitative estimate of drug-likeness (QED) is 0.499. The number of halogens is 1. The van der Waals surface area contributed by atoms with Gasteiger partial charge in [0.25, 0.3) is 0 Å². The zero-order chi connectivity index (χ0) is 22.4. The first-order valence-corrected chi connectivity index (χ1v) is 11.5. The van der Waals surface area contributed by atoms with Crippen LogP contribution in [0.1, 0.15) is 5.56 Å². The Balaban J connectivity index is 1.73. The molecule has 6 nitrogen and oxygen atoms in total. The molecular weight excluding hydrogens is 440 g/mol. The molecule has 1 unspecified atom stereocenters. The number of benzene rings is 3. The van der Waals surface area contributed by atoms with Crippen molar-refractivity contribution in [1.29, 1.82) is 0 Å². The highest BCUT2D eigenvalue weighted by atomic mass is 35.5. The minimum Gasteiger partial charge on any atom is -0.492 e. The van der Waals surface area contributed by atoms with E-state index in [9.17, 15) is 23.4 Å². The average Bonchev–Trinajstić information content (AvgIpc) is 2.77. The van der Waals surface area contributed by atoms with Crippen LogP contribution in [0.25, 0.3) is 11.1 Å². The Hall–Kier alpha value is -2.87. The van der Waals surface area contributed by atoms with Crippen LogP contribution < -0.4 is 4.74 Å². The maximum absolute atomic E-state index is 12.8. The molecule has 1 atom stereocenters. The Kier molecular flexibility index (Phi) is 7.33. The van der Waals surface area contributed by atoms with Crippen molar-refractivity contribution in [3.05, 3.63) is 83.4 Å². The zero-order valence-corrected chi connectivity index (χ0v) is 18.0. The summed E-state index contributed by atoms with van der Waals surface area (Å²) in [5.74, 6) is -2.83. The first-order chi connectivity index (χ1) is 14.8. The molecule has 0 fully saturated rings. The van der Waals surface area contributed by atoms with Gasteiger partial charge in [-0.15, -0.1) is 0 Å². The van der Waals surface area contributed by atoms with E-state index in [0.29, 0.717) is 16.3 Å². The van der Waals surface area contributed by atoms with E-state index >= 15 is 0 Å². The number of hydrogen-bond acceptors (Lipinski definition) is 5. The lowest BCUT2D eigenvalue weighted by Crippen LogP contribution is -2.29. The van der Waals surface area contributed by atoms with Gasteiger partial charge < -0.3 is 14.9 Å². The molecular formula is C23H21ClO6S. The van der Waals surface area contributed by atoms with Crippen LogP contribution in [-0.2, 0) is 21.2 Å². The average molecular weight is 461 g/mol. The van der Waals surface area contributed by atoms with Crippen molar-refractivity contribution in [2.45, 2.75) is 11.5 Å². The van der Waals surface area contributed by atoms with Crippen molar-refractivity contribution in [3.63, 3.8) is 0 Å². The molecule has 0 aliphatic rings. The van der Waals surface area contributed by atoms with E-state index in [-0.39, 0.29) is 18.1 Å². The Labute approximate surface area is 185 Å². The highest BCUT2D eigenvalue weighted by molar-refractivity contribution is 7.91. The lowest BCUT2D eigenvalue weighted by Gasteiger charge is -2.16. The van der Waals surface area contributed by atoms with Gasteiger partial charge in [-0.05, 0) is 41.5 Å². The van der Waals surface area contributed by atoms with Crippen molar-refractivity contribution in [2.75, 3.05) is 12.4 Å². The number of para-hydroxylation sites is 1. The molecule has 2 N–H and O–H groups in total. The number of hydrogen-bond donors (Lipinski definition) is 2. The van der Waals surface area contributed by atoms with E-state index in [2.05, 4.69) is 0 Å². The largest absolute Gasteiger partial charge is 0.492 e. The predicted octanol–water partition coefficient (Wildman–Crippen LogP) is 4.05. The van der Waals surface area contributed by atoms with Crippen molar-refractivity contribution in [3.8, 4) is 16.9 Å². The maximum atomic E-state index is 12.8. The summed E-state index contributed by atoms with van der Waals surface area (Å²) in [6, 6.07) is 20.0. The number of carbonyl (C=O) groups is 1. The lowest BCUT2D eigenvalue weighted by atomic mass is 10.1. The molecule has 0 aliphatic heterocycles. The van der Waals surface area contributed by atoms with E-state index in [1.807, 2.05) is 12.1 Å². The summed E-state index contributed by atoms with van der Waals surface area (Å²) in [7, 11) is -3.86. The lowest BCUT2D eigenvalue weighted by molar-refractivity contribution is -0.141. The molecule has 0 spiro atoms. The minimum atomic E-state index is -3.86. The van der Waals surface area contributed by atoms with Crippen molar-refractivity contribution in [2.24, 2.45) is 5.92 Å². The normalized spacial score (nSPS) is 12.3. The van der Waals surface area contributed by atoms with Gasteiger partial charge in [-0.1, -0.05) is 54.1 Å². The standard InChI is InChI=1S/C23H21ClO6S/c24-20-9-5-16(6-10-20)17-7-11-21(12-8-17)31(28,29)15-19(23(26)27)14-30-22-4-2-1-3-18(22)13-25/h1-12,19,25H,13-15H2,(H,26,27). The molecule has 0 aliphatic carbocycles. The molecule has 0 saturated heterocycles. The third-order valence-corrected chi connectivity index (χ3v) is 6.83. The van der Waals surface area contributed by atoms with Gasteiger partial charge >= 0.3 is 5.97 Å². The molecule has 3 aromatic rings. The Morgan fingerprint density at radius 1 is 0.935 bits per heavy atom. The van der Waals surface area contributed by atoms with Crippen LogP contribution in [0.5, 0.6) is 5.75 Å². The number of rotatable bonds is 9. The number of aliphatic carboxylic acids is 1. The van der Waals surface area contributed by atoms with Crippen LogP contribution in [-0.4, -0.2) is 37.0 Å². The van der Waals surface area contributed by atoms with Gasteiger partial charge in [0, 0.05) is 10.6 Å². The molecule has 162 valence electrons. The molecule has 3 rings (SSSR count). The van der Waals surface area contributed by atoms with Gasteiger partial charge in [0.05, 0.1) is 17.3 Å². The summed E-state index contributed by atoms with van der Waals surface area (Å²) in [6.07, 6.45) is 0. The van der Waals surface area contributed by atoms with Crippen LogP contribution in [0.2, 0.25) is 5.02 Å². The van der Waals surface area contributed by atoms with Crippen molar-refractivity contribution < 1.29 is 28.2 Å². The van der Waals surface area contributed by atoms with Crippen LogP contribution in [0.15, 0.2) is 77.7 Å². The summed E-state index contributed by atoms with van der Waals surface area (Å²) in [5.41, 5.74) is 2.19. The van der Waals surface area contributed by atoms with Gasteiger partial charge in [0.15, 0.2) is 9.84 Å². The number of aliphatic hydroxyl groups excluding tert-OH is 1. The Bertz CT molecular complexity index is 1140. The van der Waals surface area contributed by atoms with Crippen LogP contribution in [0.3, 0.4) is 0 Å². The summed E-state index contributed by atoms with van der Waals surface area (Å²) in [6.45, 7) is -0.611. The number of carboxylic acid groups (broad SMARTS) is 1. The van der Waals surface area contributed by atoms with Gasteiger partial charge in [0.1, 0.15) is 18.3 Å². The Morgan fingerprint density at radius 3 is 2.10 bits per heavy atom. The second-order valence-electron chi connectivity index (χ2n) is 6.92. The van der Waals surface area contributed by atoms with Crippen LogP contribution in [0.4, 0.5) is 0 Å². The summed E-state index contributed by atoms with van der Waals surface area (Å²) in [4.78, 5) is 11.7. The second kappa shape index (κ2) is 9.96. The molecule has 0 bridgehead atoms. The maximum Gasteiger partial charge on any atom is 0.311 e. The van der Waals surface area contributed by atoms with Gasteiger partial charge in [-0.3, -0.25) is 4.79 Å². The van der Waals surface area contributed by atoms with E-state index in [1.54, 1.807) is 48.5 Å². The molecule has 0 heterocycles. The van der Waals surface area contributed by atoms with Crippen molar-refractivity contribution >= 4 is 27.4 Å². The molecule has 3 aromatic carbocycles. The van der Waals surface area contributed by atoms with Gasteiger partial charge in [-0.2, -0.15) is 0 Å². The highest BCUT2D eigenvalue weighted by Gasteiger charge is 2.27. The first kappa shape index (κ1) is 22.8. The first-order valence-electron chi connectivity index (χ1n) is 9.43. The highest BCUT2D eigenvalue weighted by Crippen LogP contribution is 2.25.